The van der Waals surface area contributed by atoms with Crippen molar-refractivity contribution < 1.29 is 4.80 Å². The molecule has 54 valence electrons. The highest BCUT2D eigenvalue weighted by atomic mass is 15.4. The van der Waals surface area contributed by atoms with Crippen molar-refractivity contribution in [2.24, 2.45) is 7.05 Å². The average Bonchev–Trinajstić information content (AvgIpc) is 1.82. The third-order valence-electron chi connectivity index (χ3n) is 1.67. The molecule has 3 heteroatoms. The van der Waals surface area contributed by atoms with Crippen LogP contribution in [0.4, 0.5) is 0 Å². The van der Waals surface area contributed by atoms with Gasteiger partial charge in [-0.15, -0.1) is 0 Å². The Kier molecular flexibility index (Phi) is 1.66. The quantitative estimate of drug-likeness (QED) is 0.480. The normalized spacial score (nSPS) is 10.0. The molecule has 0 spiro atoms. The molecule has 0 aliphatic rings. The van der Waals surface area contributed by atoms with Gasteiger partial charge < -0.3 is 0 Å². The van der Waals surface area contributed by atoms with Crippen molar-refractivity contribution in [2.45, 2.75) is 20.8 Å². The molecule has 0 atom stereocenters. The van der Waals surface area contributed by atoms with Gasteiger partial charge in [0.2, 0.25) is 0 Å². The topological polar surface area (TPSA) is 29.7 Å². The van der Waals surface area contributed by atoms with Crippen LogP contribution in [0.1, 0.15) is 17.0 Å². The second kappa shape index (κ2) is 2.33. The molecule has 10 heavy (non-hydrogen) atoms. The smallest absolute Gasteiger partial charge is 0.0357 e. The Balaban J connectivity index is 3.31. The lowest BCUT2D eigenvalue weighted by Crippen LogP contribution is -2.39. The Morgan fingerprint density at radius 1 is 1.00 bits per heavy atom. The summed E-state index contributed by atoms with van der Waals surface area (Å²) in [4.78, 5) is 1.59. The summed E-state index contributed by atoms with van der Waals surface area (Å²) >= 11 is 0. The van der Waals surface area contributed by atoms with E-state index in [0.717, 1.165) is 11.4 Å². The molecule has 0 radical (unpaired) electrons. The van der Waals surface area contributed by atoms with Crippen LogP contribution in [0.25, 0.3) is 0 Å². The SMILES string of the molecule is Cc1n[n+](C)nc(C)c1C. The fourth-order valence-corrected chi connectivity index (χ4v) is 0.868. The molecule has 0 amide bonds. The first-order valence-electron chi connectivity index (χ1n) is 3.29. The highest BCUT2D eigenvalue weighted by molar-refractivity contribution is 5.17. The van der Waals surface area contributed by atoms with Crippen LogP contribution in [-0.2, 0) is 7.05 Å². The van der Waals surface area contributed by atoms with Gasteiger partial charge in [0, 0.05) is 20.6 Å². The van der Waals surface area contributed by atoms with Crippen molar-refractivity contribution in [1.82, 2.24) is 10.2 Å². The van der Waals surface area contributed by atoms with Crippen LogP contribution in [0.3, 0.4) is 0 Å². The molecule has 1 aromatic heterocycles. The third-order valence-corrected chi connectivity index (χ3v) is 1.67. The molecule has 0 fully saturated rings. The summed E-state index contributed by atoms with van der Waals surface area (Å²) in [5.41, 5.74) is 3.28. The van der Waals surface area contributed by atoms with Crippen LogP contribution in [0.2, 0.25) is 0 Å². The van der Waals surface area contributed by atoms with E-state index in [1.54, 1.807) is 4.80 Å². The third kappa shape index (κ3) is 1.12. The summed E-state index contributed by atoms with van der Waals surface area (Å²) in [5, 5.41) is 8.28. The number of aryl methyl sites for hydroxylation is 3. The Hall–Kier alpha value is -0.990. The van der Waals surface area contributed by atoms with Crippen LogP contribution in [0, 0.1) is 20.8 Å². The molecule has 0 aromatic carbocycles. The number of hydrogen-bond acceptors (Lipinski definition) is 2. The Labute approximate surface area is 60.7 Å². The van der Waals surface area contributed by atoms with Gasteiger partial charge in [0.05, 0.1) is 0 Å². The van der Waals surface area contributed by atoms with Crippen LogP contribution >= 0.6 is 0 Å². The van der Waals surface area contributed by atoms with Crippen LogP contribution in [0.5, 0.6) is 0 Å². The van der Waals surface area contributed by atoms with Gasteiger partial charge in [0.1, 0.15) is 11.4 Å². The molecule has 0 saturated carbocycles. The zero-order chi connectivity index (χ0) is 7.72. The van der Waals surface area contributed by atoms with Gasteiger partial charge in [-0.25, -0.2) is 0 Å². The molecule has 0 aliphatic heterocycles. The maximum Gasteiger partial charge on any atom is 0.193 e. The van der Waals surface area contributed by atoms with E-state index in [0.29, 0.717) is 0 Å². The molecule has 3 nitrogen and oxygen atoms in total. The predicted molar refractivity (Wildman–Crippen MR) is 37.4 cm³/mol. The highest BCUT2D eigenvalue weighted by Gasteiger charge is 2.05. The van der Waals surface area contributed by atoms with E-state index in [1.807, 2.05) is 27.8 Å². The molecule has 1 heterocycles. The number of nitrogens with zero attached hydrogens (tertiary/aromatic N) is 3. The van der Waals surface area contributed by atoms with E-state index in [4.69, 9.17) is 0 Å². The van der Waals surface area contributed by atoms with Crippen molar-refractivity contribution in [3.05, 3.63) is 17.0 Å². The Morgan fingerprint density at radius 3 is 1.80 bits per heavy atom. The minimum absolute atomic E-state index is 1.05. The maximum atomic E-state index is 4.14. The number of aromatic nitrogens is 3. The van der Waals surface area contributed by atoms with E-state index in [2.05, 4.69) is 10.2 Å². The fraction of sp³-hybridized carbons (Fsp3) is 0.571. The van der Waals surface area contributed by atoms with E-state index >= 15 is 0 Å². The zero-order valence-corrected chi connectivity index (χ0v) is 6.84. The first-order chi connectivity index (χ1) is 4.61. The van der Waals surface area contributed by atoms with Crippen molar-refractivity contribution in [3.63, 3.8) is 0 Å². The molecule has 0 bridgehead atoms. The summed E-state index contributed by atoms with van der Waals surface area (Å²) in [6.07, 6.45) is 0. The molecular formula is C7H12N3+. The fourth-order valence-electron chi connectivity index (χ4n) is 0.868. The minimum atomic E-state index is 1.05. The van der Waals surface area contributed by atoms with Crippen LogP contribution in [0.15, 0.2) is 0 Å². The van der Waals surface area contributed by atoms with Gasteiger partial charge in [0.15, 0.2) is 7.05 Å². The molecule has 0 aliphatic carbocycles. The lowest BCUT2D eigenvalue weighted by Gasteiger charge is -1.95. The van der Waals surface area contributed by atoms with E-state index in [9.17, 15) is 0 Å². The van der Waals surface area contributed by atoms with Gasteiger partial charge in [-0.1, -0.05) is 0 Å². The monoisotopic (exact) mass is 138 g/mol. The molecular weight excluding hydrogens is 126 g/mol. The van der Waals surface area contributed by atoms with Crippen molar-refractivity contribution >= 4 is 0 Å². The van der Waals surface area contributed by atoms with Crippen molar-refractivity contribution in [2.75, 3.05) is 0 Å². The second-order valence-corrected chi connectivity index (χ2v) is 2.49. The van der Waals surface area contributed by atoms with Crippen LogP contribution < -0.4 is 4.80 Å². The summed E-state index contributed by atoms with van der Waals surface area (Å²) in [5.74, 6) is 0. The van der Waals surface area contributed by atoms with Gasteiger partial charge in [0.25, 0.3) is 0 Å². The van der Waals surface area contributed by atoms with Crippen LogP contribution in [-0.4, -0.2) is 10.2 Å². The van der Waals surface area contributed by atoms with Gasteiger partial charge >= 0.3 is 0 Å². The van der Waals surface area contributed by atoms with E-state index in [-0.39, 0.29) is 0 Å². The van der Waals surface area contributed by atoms with Crippen molar-refractivity contribution in [1.29, 1.82) is 0 Å². The zero-order valence-electron chi connectivity index (χ0n) is 6.84. The minimum Gasteiger partial charge on any atom is -0.0357 e. The molecule has 0 saturated heterocycles. The lowest BCUT2D eigenvalue weighted by atomic mass is 10.2. The van der Waals surface area contributed by atoms with E-state index < -0.39 is 0 Å². The average molecular weight is 138 g/mol. The van der Waals surface area contributed by atoms with Crippen molar-refractivity contribution in [3.8, 4) is 0 Å². The van der Waals surface area contributed by atoms with E-state index in [1.165, 1.54) is 5.56 Å². The summed E-state index contributed by atoms with van der Waals surface area (Å²) in [7, 11) is 1.83. The highest BCUT2D eigenvalue weighted by Crippen LogP contribution is 2.01. The first-order valence-corrected chi connectivity index (χ1v) is 3.29. The second-order valence-electron chi connectivity index (χ2n) is 2.49. The standard InChI is InChI=1S/C7H12N3/c1-5-6(2)8-10(4)9-7(5)3/h1-4H3/q+1. The Bertz CT molecular complexity index is 232. The summed E-state index contributed by atoms with van der Waals surface area (Å²) in [6.45, 7) is 6.01. The van der Waals surface area contributed by atoms with Gasteiger partial charge in [-0.2, -0.15) is 0 Å². The molecule has 1 aromatic rings. The first kappa shape index (κ1) is 7.12. The molecule has 0 N–H and O–H groups in total. The molecule has 1 rings (SSSR count). The lowest BCUT2D eigenvalue weighted by molar-refractivity contribution is -0.787. The summed E-state index contributed by atoms with van der Waals surface area (Å²) in [6, 6.07) is 0. The van der Waals surface area contributed by atoms with Gasteiger partial charge in [-0.3, -0.25) is 0 Å². The largest absolute Gasteiger partial charge is 0.193 e. The number of hydrogen-bond donors (Lipinski definition) is 0. The maximum absolute atomic E-state index is 4.14. The van der Waals surface area contributed by atoms with Gasteiger partial charge in [-0.05, 0) is 20.8 Å². The Morgan fingerprint density at radius 2 is 1.40 bits per heavy atom. The summed E-state index contributed by atoms with van der Waals surface area (Å²) < 4.78 is 0. The molecule has 0 unspecified atom stereocenters. The predicted octanol–water partition coefficient (Wildman–Crippen LogP) is 0.226. The number of rotatable bonds is 0.